The highest BCUT2D eigenvalue weighted by Crippen LogP contribution is 2.01. The molecule has 0 aliphatic heterocycles. The van der Waals surface area contributed by atoms with Gasteiger partial charge in [0.15, 0.2) is 0 Å². The van der Waals surface area contributed by atoms with Gasteiger partial charge < -0.3 is 4.90 Å². The summed E-state index contributed by atoms with van der Waals surface area (Å²) < 4.78 is 0. The molecule has 0 rings (SSSR count). The van der Waals surface area contributed by atoms with Crippen molar-refractivity contribution in [1.29, 1.82) is 0 Å². The van der Waals surface area contributed by atoms with E-state index in [0.717, 1.165) is 5.33 Å². The maximum Gasteiger partial charge on any atom is 0.0159 e. The van der Waals surface area contributed by atoms with Gasteiger partial charge >= 0.3 is 0 Å². The summed E-state index contributed by atoms with van der Waals surface area (Å²) >= 11 is 3.51. The van der Waals surface area contributed by atoms with Gasteiger partial charge in [-0.3, -0.25) is 0 Å². The van der Waals surface area contributed by atoms with Crippen LogP contribution in [0.15, 0.2) is 0 Å². The second kappa shape index (κ2) is 10.5. The molecule has 1 nitrogen and oxygen atoms in total. The number of alkyl halides is 1. The van der Waals surface area contributed by atoms with E-state index in [-0.39, 0.29) is 0 Å². The molecule has 0 fully saturated rings. The highest BCUT2D eigenvalue weighted by molar-refractivity contribution is 9.09. The van der Waals surface area contributed by atoms with E-state index in [9.17, 15) is 0 Å². The van der Waals surface area contributed by atoms with Crippen LogP contribution in [0.4, 0.5) is 0 Å². The lowest BCUT2D eigenvalue weighted by molar-refractivity contribution is 0.280. The maximum atomic E-state index is 3.51. The van der Waals surface area contributed by atoms with Crippen LogP contribution in [0.3, 0.4) is 0 Å². The molecule has 0 saturated carbocycles. The second-order valence-corrected chi connectivity index (χ2v) is 4.38. The molecule has 0 aromatic carbocycles. The summed E-state index contributed by atoms with van der Waals surface area (Å²) in [4.78, 5) is 2.58. The van der Waals surface area contributed by atoms with Crippen molar-refractivity contribution >= 4 is 15.9 Å². The third-order valence-electron chi connectivity index (χ3n) is 2.31. The second-order valence-electron chi connectivity index (χ2n) is 3.59. The molecule has 0 aromatic rings. The molecule has 0 radical (unpaired) electrons. The van der Waals surface area contributed by atoms with Crippen molar-refractivity contribution in [2.45, 2.75) is 46.0 Å². The topological polar surface area (TPSA) is 3.24 Å². The van der Waals surface area contributed by atoms with Crippen LogP contribution in [0.2, 0.25) is 0 Å². The first-order chi connectivity index (χ1) is 6.35. The normalized spacial score (nSPS) is 11.1. The molecule has 2 heteroatoms. The van der Waals surface area contributed by atoms with Crippen molar-refractivity contribution in [2.75, 3.05) is 25.0 Å². The zero-order valence-corrected chi connectivity index (χ0v) is 10.8. The van der Waals surface area contributed by atoms with Crippen molar-refractivity contribution in [1.82, 2.24) is 4.90 Å². The zero-order valence-electron chi connectivity index (χ0n) is 9.19. The van der Waals surface area contributed by atoms with Crippen molar-refractivity contribution in [2.24, 2.45) is 0 Å². The van der Waals surface area contributed by atoms with Gasteiger partial charge in [0.25, 0.3) is 0 Å². The van der Waals surface area contributed by atoms with Gasteiger partial charge in [-0.2, -0.15) is 0 Å². The fourth-order valence-corrected chi connectivity index (χ4v) is 1.92. The predicted octanol–water partition coefficient (Wildman–Crippen LogP) is 3.67. The SMILES string of the molecule is CCCCCN(CCBr)CCCC. The third-order valence-corrected chi connectivity index (χ3v) is 2.66. The molecule has 80 valence electrons. The van der Waals surface area contributed by atoms with Crippen LogP contribution in [-0.2, 0) is 0 Å². The van der Waals surface area contributed by atoms with Crippen LogP contribution in [0.25, 0.3) is 0 Å². The van der Waals surface area contributed by atoms with Crippen molar-refractivity contribution in [3.8, 4) is 0 Å². The summed E-state index contributed by atoms with van der Waals surface area (Å²) in [6, 6.07) is 0. The Morgan fingerprint density at radius 2 is 1.46 bits per heavy atom. The Hall–Kier alpha value is 0.440. The molecule has 0 saturated heterocycles. The van der Waals surface area contributed by atoms with Gasteiger partial charge in [0, 0.05) is 11.9 Å². The summed E-state index contributed by atoms with van der Waals surface area (Å²) in [5.41, 5.74) is 0. The Morgan fingerprint density at radius 3 is 2.00 bits per heavy atom. The standard InChI is InChI=1S/C11H24BrN/c1-3-5-7-10-13(11-8-12)9-6-4-2/h3-11H2,1-2H3. The first-order valence-electron chi connectivity index (χ1n) is 5.63. The minimum absolute atomic E-state index is 1.11. The fourth-order valence-electron chi connectivity index (χ4n) is 1.42. The van der Waals surface area contributed by atoms with Gasteiger partial charge in [-0.05, 0) is 25.9 Å². The molecule has 0 aliphatic carbocycles. The lowest BCUT2D eigenvalue weighted by Crippen LogP contribution is -2.27. The van der Waals surface area contributed by atoms with Gasteiger partial charge in [0.2, 0.25) is 0 Å². The average molecular weight is 250 g/mol. The predicted molar refractivity (Wildman–Crippen MR) is 64.7 cm³/mol. The smallest absolute Gasteiger partial charge is 0.0159 e. The summed E-state index contributed by atoms with van der Waals surface area (Å²) in [7, 11) is 0. The van der Waals surface area contributed by atoms with Crippen molar-refractivity contribution in [3.05, 3.63) is 0 Å². The molecular weight excluding hydrogens is 226 g/mol. The number of hydrogen-bond acceptors (Lipinski definition) is 1. The quantitative estimate of drug-likeness (QED) is 0.445. The number of unbranched alkanes of at least 4 members (excludes halogenated alkanes) is 3. The summed E-state index contributed by atoms with van der Waals surface area (Å²) in [5.74, 6) is 0. The molecule has 0 unspecified atom stereocenters. The van der Waals surface area contributed by atoms with Crippen LogP contribution in [0.5, 0.6) is 0 Å². The van der Waals surface area contributed by atoms with Gasteiger partial charge in [0.05, 0.1) is 0 Å². The van der Waals surface area contributed by atoms with E-state index in [0.29, 0.717) is 0 Å². The molecule has 0 amide bonds. The van der Waals surface area contributed by atoms with E-state index >= 15 is 0 Å². The minimum Gasteiger partial charge on any atom is -0.303 e. The molecule has 0 atom stereocenters. The van der Waals surface area contributed by atoms with Gasteiger partial charge in [-0.15, -0.1) is 0 Å². The van der Waals surface area contributed by atoms with E-state index in [1.807, 2.05) is 0 Å². The Balaban J connectivity index is 3.41. The van der Waals surface area contributed by atoms with Crippen LogP contribution in [-0.4, -0.2) is 29.9 Å². The Labute approximate surface area is 92.0 Å². The van der Waals surface area contributed by atoms with E-state index in [4.69, 9.17) is 0 Å². The summed E-state index contributed by atoms with van der Waals surface area (Å²) in [6.07, 6.45) is 6.74. The highest BCUT2D eigenvalue weighted by atomic mass is 79.9. The van der Waals surface area contributed by atoms with Crippen molar-refractivity contribution < 1.29 is 0 Å². The number of halogens is 1. The molecule has 0 bridgehead atoms. The maximum absolute atomic E-state index is 3.51. The van der Waals surface area contributed by atoms with Gasteiger partial charge in [0.1, 0.15) is 0 Å². The first kappa shape index (κ1) is 13.4. The molecule has 0 aliphatic rings. The van der Waals surface area contributed by atoms with E-state index < -0.39 is 0 Å². The molecular formula is C11H24BrN. The average Bonchev–Trinajstić information content (AvgIpc) is 2.14. The van der Waals surface area contributed by atoms with E-state index in [1.54, 1.807) is 0 Å². The first-order valence-corrected chi connectivity index (χ1v) is 6.75. The van der Waals surface area contributed by atoms with Crippen LogP contribution in [0.1, 0.15) is 46.0 Å². The summed E-state index contributed by atoms with van der Waals surface area (Å²) in [6.45, 7) is 8.31. The van der Waals surface area contributed by atoms with Crippen LogP contribution < -0.4 is 0 Å². The lowest BCUT2D eigenvalue weighted by atomic mass is 10.2. The largest absolute Gasteiger partial charge is 0.303 e. The van der Waals surface area contributed by atoms with E-state index in [2.05, 4.69) is 34.7 Å². The molecule has 0 spiro atoms. The molecule has 0 heterocycles. The van der Waals surface area contributed by atoms with E-state index in [1.165, 1.54) is 51.7 Å². The monoisotopic (exact) mass is 249 g/mol. The Kier molecular flexibility index (Phi) is 10.9. The van der Waals surface area contributed by atoms with Crippen LogP contribution >= 0.6 is 15.9 Å². The Bertz CT molecular complexity index is 96.1. The summed E-state index contributed by atoms with van der Waals surface area (Å²) in [5, 5.41) is 1.11. The van der Waals surface area contributed by atoms with Crippen LogP contribution in [0, 0.1) is 0 Å². The number of nitrogens with zero attached hydrogens (tertiary/aromatic N) is 1. The third kappa shape index (κ3) is 8.76. The zero-order chi connectivity index (χ0) is 9.94. The fraction of sp³-hybridized carbons (Fsp3) is 1.00. The number of rotatable bonds is 9. The van der Waals surface area contributed by atoms with Crippen molar-refractivity contribution in [3.63, 3.8) is 0 Å². The lowest BCUT2D eigenvalue weighted by Gasteiger charge is -2.20. The van der Waals surface area contributed by atoms with Gasteiger partial charge in [-0.25, -0.2) is 0 Å². The van der Waals surface area contributed by atoms with Gasteiger partial charge in [-0.1, -0.05) is 49.0 Å². The molecule has 0 aromatic heterocycles. The Morgan fingerprint density at radius 1 is 0.846 bits per heavy atom. The molecule has 13 heavy (non-hydrogen) atoms. The molecule has 0 N–H and O–H groups in total. The number of hydrogen-bond donors (Lipinski definition) is 0. The highest BCUT2D eigenvalue weighted by Gasteiger charge is 2.01. The minimum atomic E-state index is 1.11.